The van der Waals surface area contributed by atoms with Crippen LogP contribution in [0.15, 0.2) is 71.8 Å². The molecule has 1 heterocycles. The number of para-hydroxylation sites is 1. The average Bonchev–Trinajstić information content (AvgIpc) is 3.58. The topological polar surface area (TPSA) is 143 Å². The van der Waals surface area contributed by atoms with Gasteiger partial charge < -0.3 is 20.8 Å². The van der Waals surface area contributed by atoms with Gasteiger partial charge in [0.25, 0.3) is 15.9 Å². The number of amides is 2. The molecule has 9 nitrogen and oxygen atoms in total. The third-order valence-electron chi connectivity index (χ3n) is 7.37. The van der Waals surface area contributed by atoms with E-state index in [1.165, 1.54) is 44.2 Å². The minimum absolute atomic E-state index is 0.0481. The molecule has 5 rings (SSSR count). The first-order valence-corrected chi connectivity index (χ1v) is 14.7. The summed E-state index contributed by atoms with van der Waals surface area (Å²) < 4.78 is 33.0. The molecule has 1 aliphatic rings. The van der Waals surface area contributed by atoms with Gasteiger partial charge in [-0.25, -0.2) is 13.1 Å². The number of benzene rings is 3. The molecule has 208 valence electrons. The summed E-state index contributed by atoms with van der Waals surface area (Å²) in [6.07, 6.45) is 7.66. The molecule has 0 bridgehead atoms. The minimum Gasteiger partial charge on any atom is -0.496 e. The highest BCUT2D eigenvalue weighted by Gasteiger charge is 2.22. The van der Waals surface area contributed by atoms with Crippen LogP contribution in [0.25, 0.3) is 10.9 Å². The van der Waals surface area contributed by atoms with E-state index < -0.39 is 15.9 Å². The van der Waals surface area contributed by atoms with Crippen LogP contribution in [0.5, 0.6) is 5.75 Å². The van der Waals surface area contributed by atoms with Gasteiger partial charge in [-0.1, -0.05) is 37.1 Å². The Balaban J connectivity index is 1.29. The second-order valence-corrected chi connectivity index (χ2v) is 11.8. The summed E-state index contributed by atoms with van der Waals surface area (Å²) in [5, 5.41) is 4.02. The molecule has 0 saturated heterocycles. The fourth-order valence-electron chi connectivity index (χ4n) is 5.30. The highest BCUT2D eigenvalue weighted by molar-refractivity contribution is 7.90. The van der Waals surface area contributed by atoms with Crippen molar-refractivity contribution in [1.29, 1.82) is 0 Å². The van der Waals surface area contributed by atoms with Gasteiger partial charge in [0.1, 0.15) is 10.6 Å². The number of nitrogen functional groups attached to an aromatic ring is 1. The smallest absolute Gasteiger partial charge is 0.266 e. The maximum Gasteiger partial charge on any atom is 0.266 e. The molecule has 1 fully saturated rings. The van der Waals surface area contributed by atoms with E-state index in [2.05, 4.69) is 15.0 Å². The molecule has 1 aromatic heterocycles. The van der Waals surface area contributed by atoms with Crippen molar-refractivity contribution in [2.24, 2.45) is 5.92 Å². The molecule has 1 saturated carbocycles. The van der Waals surface area contributed by atoms with E-state index in [1.54, 1.807) is 18.2 Å². The Labute approximate surface area is 233 Å². The molecule has 0 unspecified atom stereocenters. The average molecular weight is 561 g/mol. The summed E-state index contributed by atoms with van der Waals surface area (Å²) in [6.45, 7) is 0. The second-order valence-electron chi connectivity index (χ2n) is 10.2. The molecule has 0 atom stereocenters. The van der Waals surface area contributed by atoms with E-state index in [-0.39, 0.29) is 22.1 Å². The number of aromatic amines is 1. The Bertz CT molecular complexity index is 1670. The lowest BCUT2D eigenvalue weighted by molar-refractivity contribution is -0.117. The number of aromatic nitrogens is 1. The van der Waals surface area contributed by atoms with Gasteiger partial charge in [0, 0.05) is 41.2 Å². The lowest BCUT2D eigenvalue weighted by atomic mass is 10.0. The van der Waals surface area contributed by atoms with Crippen molar-refractivity contribution in [2.75, 3.05) is 18.2 Å². The summed E-state index contributed by atoms with van der Waals surface area (Å²) in [5.41, 5.74) is 9.45. The monoisotopic (exact) mass is 560 g/mol. The van der Waals surface area contributed by atoms with Crippen molar-refractivity contribution in [1.82, 2.24) is 9.71 Å². The first-order chi connectivity index (χ1) is 19.2. The Morgan fingerprint density at radius 2 is 1.80 bits per heavy atom. The summed E-state index contributed by atoms with van der Waals surface area (Å²) in [7, 11) is -2.65. The molecule has 40 heavy (non-hydrogen) atoms. The van der Waals surface area contributed by atoms with Gasteiger partial charge in [0.2, 0.25) is 5.91 Å². The number of hydrogen-bond acceptors (Lipinski definition) is 6. The van der Waals surface area contributed by atoms with Gasteiger partial charge in [-0.2, -0.15) is 0 Å². The second kappa shape index (κ2) is 11.4. The number of carbonyl (C=O) groups is 2. The Morgan fingerprint density at radius 3 is 2.55 bits per heavy atom. The summed E-state index contributed by atoms with van der Waals surface area (Å²) >= 11 is 0. The number of ether oxygens (including phenoxy) is 1. The standard InChI is InChI=1S/C30H32N4O5S/c1-39-27-16-21(30(36)34-40(37,38)28-9-5-4-8-25(28)31)11-10-20(27)15-22-18-32-26-17-23(12-13-24(22)26)33-29(35)14-19-6-2-3-7-19/h4-5,8-13,16-19,32H,2-3,6-7,14-15,31H2,1H3,(H,33,35)(H,34,36). The van der Waals surface area contributed by atoms with Gasteiger partial charge >= 0.3 is 0 Å². The van der Waals surface area contributed by atoms with Crippen LogP contribution in [0, 0.1) is 5.92 Å². The predicted octanol–water partition coefficient (Wildman–Crippen LogP) is 4.99. The Morgan fingerprint density at radius 1 is 1.02 bits per heavy atom. The fraction of sp³-hybridized carbons (Fsp3) is 0.267. The highest BCUT2D eigenvalue weighted by atomic mass is 32.2. The molecule has 3 aromatic carbocycles. The number of anilines is 2. The number of rotatable bonds is 9. The lowest BCUT2D eigenvalue weighted by Crippen LogP contribution is -2.31. The van der Waals surface area contributed by atoms with Gasteiger partial charge in [-0.3, -0.25) is 9.59 Å². The molecule has 2 amide bonds. The molecule has 4 aromatic rings. The van der Waals surface area contributed by atoms with Gasteiger partial charge in [0.05, 0.1) is 12.8 Å². The predicted molar refractivity (Wildman–Crippen MR) is 155 cm³/mol. The molecule has 0 aliphatic heterocycles. The number of nitrogens with two attached hydrogens (primary N) is 1. The molecule has 5 N–H and O–H groups in total. The van der Waals surface area contributed by atoms with Crippen molar-refractivity contribution in [3.05, 3.63) is 83.6 Å². The van der Waals surface area contributed by atoms with Crippen LogP contribution in [-0.2, 0) is 21.2 Å². The number of hydrogen-bond donors (Lipinski definition) is 4. The largest absolute Gasteiger partial charge is 0.496 e. The number of nitrogens with one attached hydrogen (secondary N) is 3. The van der Waals surface area contributed by atoms with E-state index in [0.717, 1.165) is 40.6 Å². The van der Waals surface area contributed by atoms with Crippen LogP contribution >= 0.6 is 0 Å². The molecular formula is C30H32N4O5S. The van der Waals surface area contributed by atoms with Crippen molar-refractivity contribution in [3.8, 4) is 5.75 Å². The van der Waals surface area contributed by atoms with E-state index in [1.807, 2.05) is 24.4 Å². The van der Waals surface area contributed by atoms with Crippen LogP contribution in [-0.4, -0.2) is 32.3 Å². The van der Waals surface area contributed by atoms with Gasteiger partial charge in [-0.05, 0) is 66.3 Å². The van der Waals surface area contributed by atoms with Gasteiger partial charge in [-0.15, -0.1) is 0 Å². The maximum atomic E-state index is 12.8. The van der Waals surface area contributed by atoms with E-state index >= 15 is 0 Å². The van der Waals surface area contributed by atoms with E-state index in [9.17, 15) is 18.0 Å². The number of sulfonamides is 1. The third-order valence-corrected chi connectivity index (χ3v) is 8.77. The van der Waals surface area contributed by atoms with Crippen LogP contribution in [0.2, 0.25) is 0 Å². The zero-order valence-corrected chi connectivity index (χ0v) is 23.0. The fourth-order valence-corrected chi connectivity index (χ4v) is 6.41. The zero-order valence-electron chi connectivity index (χ0n) is 22.2. The molecule has 10 heteroatoms. The van der Waals surface area contributed by atoms with Gasteiger partial charge in [0.15, 0.2) is 0 Å². The SMILES string of the molecule is COc1cc(C(=O)NS(=O)(=O)c2ccccc2N)ccc1Cc1c[nH]c2cc(NC(=O)CC3CCCC3)ccc12. The maximum absolute atomic E-state index is 12.8. The van der Waals surface area contributed by atoms with Crippen LogP contribution in [0.3, 0.4) is 0 Å². The number of methoxy groups -OCH3 is 1. The van der Waals surface area contributed by atoms with Crippen molar-refractivity contribution >= 4 is 44.1 Å². The van der Waals surface area contributed by atoms with Crippen LogP contribution < -0.4 is 20.5 Å². The van der Waals surface area contributed by atoms with Crippen molar-refractivity contribution in [3.63, 3.8) is 0 Å². The first kappa shape index (κ1) is 27.3. The Kier molecular flexibility index (Phi) is 7.79. The number of fused-ring (bicyclic) bond motifs is 1. The van der Waals surface area contributed by atoms with Crippen LogP contribution in [0.1, 0.15) is 53.6 Å². The zero-order chi connectivity index (χ0) is 28.3. The van der Waals surface area contributed by atoms with Crippen molar-refractivity contribution < 1.29 is 22.7 Å². The normalized spacial score (nSPS) is 13.8. The first-order valence-electron chi connectivity index (χ1n) is 13.2. The molecular weight excluding hydrogens is 528 g/mol. The lowest BCUT2D eigenvalue weighted by Gasteiger charge is -2.12. The Hall–Kier alpha value is -4.31. The quantitative estimate of drug-likeness (QED) is 0.213. The summed E-state index contributed by atoms with van der Waals surface area (Å²) in [4.78, 5) is 28.4. The minimum atomic E-state index is -4.15. The number of H-pyrrole nitrogens is 1. The van der Waals surface area contributed by atoms with E-state index in [4.69, 9.17) is 10.5 Å². The van der Waals surface area contributed by atoms with E-state index in [0.29, 0.717) is 24.5 Å². The highest BCUT2D eigenvalue weighted by Crippen LogP contribution is 2.30. The summed E-state index contributed by atoms with van der Waals surface area (Å²) in [5.74, 6) is 0.199. The number of carbonyl (C=O) groups excluding carboxylic acids is 2. The molecule has 1 aliphatic carbocycles. The molecule has 0 spiro atoms. The van der Waals surface area contributed by atoms with Crippen molar-refractivity contribution in [2.45, 2.75) is 43.4 Å². The van der Waals surface area contributed by atoms with Crippen LogP contribution in [0.4, 0.5) is 11.4 Å². The third kappa shape index (κ3) is 5.96. The summed E-state index contributed by atoms with van der Waals surface area (Å²) in [6, 6.07) is 16.6. The molecule has 0 radical (unpaired) electrons.